The first-order valence-electron chi connectivity index (χ1n) is 3.15. The predicted octanol–water partition coefficient (Wildman–Crippen LogP) is 3.27. The molecule has 0 spiro atoms. The van der Waals surface area contributed by atoms with Crippen molar-refractivity contribution >= 4 is 11.8 Å². The van der Waals surface area contributed by atoms with Crippen molar-refractivity contribution in [3.63, 3.8) is 0 Å². The topological polar surface area (TPSA) is 48.8 Å². The van der Waals surface area contributed by atoms with Crippen molar-refractivity contribution < 1.29 is 0 Å². The Morgan fingerprint density at radius 3 is 2.82 bits per heavy atom. The zero-order chi connectivity index (χ0) is 8.10. The van der Waals surface area contributed by atoms with Gasteiger partial charge in [0.2, 0.25) is 0 Å². The summed E-state index contributed by atoms with van der Waals surface area (Å²) in [5, 5.41) is 3.49. The zero-order valence-corrected chi connectivity index (χ0v) is 5.94. The molecule has 0 saturated heterocycles. The van der Waals surface area contributed by atoms with Crippen LogP contribution in [0.4, 0.5) is 5.69 Å². The van der Waals surface area contributed by atoms with E-state index in [0.717, 1.165) is 5.56 Å². The van der Waals surface area contributed by atoms with Gasteiger partial charge in [0.25, 0.3) is 0 Å². The Balaban J connectivity index is 3.21. The molecule has 0 atom stereocenters. The van der Waals surface area contributed by atoms with Gasteiger partial charge in [-0.05, 0) is 11.1 Å². The Bertz CT molecular complexity index is 311. The van der Waals surface area contributed by atoms with Crippen LogP contribution >= 0.6 is 0 Å². The smallest absolute Gasteiger partial charge is 0.0447 e. The minimum atomic E-state index is 0.616. The van der Waals surface area contributed by atoms with E-state index in [0.29, 0.717) is 5.69 Å². The molecule has 54 valence electrons. The van der Waals surface area contributed by atoms with E-state index in [2.05, 4.69) is 16.6 Å². The van der Waals surface area contributed by atoms with Crippen LogP contribution < -0.4 is 0 Å². The van der Waals surface area contributed by atoms with Crippen LogP contribution in [0.2, 0.25) is 0 Å². The molecule has 0 unspecified atom stereocenters. The summed E-state index contributed by atoms with van der Waals surface area (Å²) in [6.45, 7) is 3.59. The highest BCUT2D eigenvalue weighted by atomic mass is 15.1. The van der Waals surface area contributed by atoms with Gasteiger partial charge in [-0.25, -0.2) is 0 Å². The van der Waals surface area contributed by atoms with Crippen molar-refractivity contribution in [2.24, 2.45) is 5.11 Å². The van der Waals surface area contributed by atoms with Crippen molar-refractivity contribution in [1.29, 1.82) is 0 Å². The van der Waals surface area contributed by atoms with E-state index in [4.69, 9.17) is 5.53 Å². The lowest BCUT2D eigenvalue weighted by molar-refractivity contribution is 1.46. The molecule has 0 amide bonds. The average Bonchev–Trinajstić information content (AvgIpc) is 2.06. The lowest BCUT2D eigenvalue weighted by Crippen LogP contribution is -1.69. The third kappa shape index (κ3) is 1.60. The number of hydrogen-bond donors (Lipinski definition) is 0. The zero-order valence-electron chi connectivity index (χ0n) is 5.94. The molecule has 1 aromatic rings. The fourth-order valence-electron chi connectivity index (χ4n) is 0.799. The third-order valence-electron chi connectivity index (χ3n) is 1.31. The Hall–Kier alpha value is -1.73. The van der Waals surface area contributed by atoms with E-state index < -0.39 is 0 Å². The molecule has 3 heteroatoms. The van der Waals surface area contributed by atoms with Crippen molar-refractivity contribution in [2.75, 3.05) is 0 Å². The van der Waals surface area contributed by atoms with E-state index >= 15 is 0 Å². The summed E-state index contributed by atoms with van der Waals surface area (Å²) in [6.07, 6.45) is 1.66. The highest BCUT2D eigenvalue weighted by Crippen LogP contribution is 2.19. The highest BCUT2D eigenvalue weighted by molar-refractivity contribution is 5.62. The first-order chi connectivity index (χ1) is 5.38. The maximum absolute atomic E-state index is 8.16. The van der Waals surface area contributed by atoms with Crippen molar-refractivity contribution in [3.05, 3.63) is 46.9 Å². The Morgan fingerprint density at radius 2 is 2.18 bits per heavy atom. The Labute approximate surface area is 64.6 Å². The molecular formula is C8H7N3. The fourth-order valence-corrected chi connectivity index (χ4v) is 0.799. The molecular weight excluding hydrogens is 138 g/mol. The van der Waals surface area contributed by atoms with Gasteiger partial charge >= 0.3 is 0 Å². The second-order valence-electron chi connectivity index (χ2n) is 1.95. The summed E-state index contributed by atoms with van der Waals surface area (Å²) < 4.78 is 0. The van der Waals surface area contributed by atoms with E-state index in [1.165, 1.54) is 0 Å². The van der Waals surface area contributed by atoms with Crippen molar-refractivity contribution in [2.45, 2.75) is 0 Å². The molecule has 0 aromatic heterocycles. The molecule has 0 aliphatic heterocycles. The quantitative estimate of drug-likeness (QED) is 0.348. The van der Waals surface area contributed by atoms with Crippen LogP contribution in [-0.4, -0.2) is 0 Å². The van der Waals surface area contributed by atoms with E-state index in [-0.39, 0.29) is 0 Å². The molecule has 0 aliphatic rings. The van der Waals surface area contributed by atoms with Crippen LogP contribution in [0.5, 0.6) is 0 Å². The first kappa shape index (κ1) is 7.38. The van der Waals surface area contributed by atoms with E-state index in [9.17, 15) is 0 Å². The maximum Gasteiger partial charge on any atom is 0.0447 e. The third-order valence-corrected chi connectivity index (χ3v) is 1.31. The normalized spacial score (nSPS) is 8.36. The van der Waals surface area contributed by atoms with Gasteiger partial charge in [0.1, 0.15) is 0 Å². The van der Waals surface area contributed by atoms with E-state index in [1.54, 1.807) is 12.1 Å². The lowest BCUT2D eigenvalue weighted by Gasteiger charge is -1.95. The highest BCUT2D eigenvalue weighted by Gasteiger charge is 1.91. The largest absolute Gasteiger partial charge is 0.0985 e. The van der Waals surface area contributed by atoms with Crippen LogP contribution in [0.1, 0.15) is 5.56 Å². The average molecular weight is 145 g/mol. The van der Waals surface area contributed by atoms with Gasteiger partial charge in [-0.2, -0.15) is 0 Å². The number of azide groups is 1. The minimum absolute atomic E-state index is 0.616. The maximum atomic E-state index is 8.16. The van der Waals surface area contributed by atoms with Gasteiger partial charge in [-0.1, -0.05) is 42.0 Å². The summed E-state index contributed by atoms with van der Waals surface area (Å²) in [5.74, 6) is 0. The van der Waals surface area contributed by atoms with Gasteiger partial charge < -0.3 is 0 Å². The summed E-state index contributed by atoms with van der Waals surface area (Å²) in [6, 6.07) is 7.28. The molecule has 11 heavy (non-hydrogen) atoms. The number of rotatable bonds is 2. The van der Waals surface area contributed by atoms with Gasteiger partial charge in [0.05, 0.1) is 0 Å². The number of hydrogen-bond acceptors (Lipinski definition) is 1. The molecule has 0 saturated carbocycles. The standard InChI is InChI=1S/C8H7N3/c1-2-7-5-3-4-6-8(7)10-11-9/h2-6H,1H2. The Morgan fingerprint density at radius 1 is 1.45 bits per heavy atom. The molecule has 0 bridgehead atoms. The molecule has 1 aromatic carbocycles. The molecule has 0 radical (unpaired) electrons. The van der Waals surface area contributed by atoms with Gasteiger partial charge in [-0.3, -0.25) is 0 Å². The summed E-state index contributed by atoms with van der Waals surface area (Å²) in [5.41, 5.74) is 9.63. The van der Waals surface area contributed by atoms with Crippen LogP contribution in [0.25, 0.3) is 16.5 Å². The van der Waals surface area contributed by atoms with E-state index in [1.807, 2.05) is 18.2 Å². The van der Waals surface area contributed by atoms with Crippen molar-refractivity contribution in [1.82, 2.24) is 0 Å². The van der Waals surface area contributed by atoms with Gasteiger partial charge in [0.15, 0.2) is 0 Å². The molecule has 0 N–H and O–H groups in total. The minimum Gasteiger partial charge on any atom is -0.0985 e. The lowest BCUT2D eigenvalue weighted by atomic mass is 10.2. The predicted molar refractivity (Wildman–Crippen MR) is 45.3 cm³/mol. The summed E-state index contributed by atoms with van der Waals surface area (Å²) >= 11 is 0. The second kappa shape index (κ2) is 3.44. The number of nitrogens with zero attached hydrogens (tertiary/aromatic N) is 3. The monoisotopic (exact) mass is 145 g/mol. The van der Waals surface area contributed by atoms with Crippen LogP contribution in [-0.2, 0) is 0 Å². The summed E-state index contributed by atoms with van der Waals surface area (Å²) in [7, 11) is 0. The molecule has 1 rings (SSSR count). The first-order valence-corrected chi connectivity index (χ1v) is 3.15. The molecule has 0 fully saturated rings. The molecule has 0 aliphatic carbocycles. The molecule has 3 nitrogen and oxygen atoms in total. The number of benzene rings is 1. The van der Waals surface area contributed by atoms with Crippen molar-refractivity contribution in [3.8, 4) is 0 Å². The fraction of sp³-hybridized carbons (Fsp3) is 0. The van der Waals surface area contributed by atoms with Crippen LogP contribution in [0.15, 0.2) is 36.0 Å². The SMILES string of the molecule is C=Cc1ccccc1N=[N+]=[N-]. The molecule has 0 heterocycles. The van der Waals surface area contributed by atoms with Gasteiger partial charge in [-0.15, -0.1) is 0 Å². The summed E-state index contributed by atoms with van der Waals surface area (Å²) in [4.78, 5) is 2.69. The second-order valence-corrected chi connectivity index (χ2v) is 1.95. The van der Waals surface area contributed by atoms with Gasteiger partial charge in [0, 0.05) is 10.6 Å². The Kier molecular flexibility index (Phi) is 2.31. The van der Waals surface area contributed by atoms with Crippen LogP contribution in [0.3, 0.4) is 0 Å². The van der Waals surface area contributed by atoms with Crippen LogP contribution in [0, 0.1) is 0 Å².